The van der Waals surface area contributed by atoms with Crippen LogP contribution in [0.1, 0.15) is 30.0 Å². The third kappa shape index (κ3) is 4.94. The molecule has 0 fully saturated rings. The number of amides is 1. The number of nitrogens with zero attached hydrogens (tertiary/aromatic N) is 2. The maximum absolute atomic E-state index is 11.4. The van der Waals surface area contributed by atoms with Crippen LogP contribution in [0.5, 0.6) is 0 Å². The number of carbonyl (C=O) groups excluding carboxylic acids is 1. The number of nitrogen functional groups attached to an aromatic ring is 1. The molecule has 0 aromatic carbocycles. The lowest BCUT2D eigenvalue weighted by Gasteiger charge is -2.25. The first-order chi connectivity index (χ1) is 9.08. The standard InChI is InChI=1S/C13H22N4O2/c1-10(2)17(7-8-19-3)9-11-5-4-6-12(15-11)13(18)16-14/h4-6,10H,7-9,14H2,1-3H3,(H,16,18). The Morgan fingerprint density at radius 1 is 1.53 bits per heavy atom. The zero-order valence-corrected chi connectivity index (χ0v) is 11.7. The van der Waals surface area contributed by atoms with Crippen molar-refractivity contribution in [1.82, 2.24) is 15.3 Å². The molecule has 19 heavy (non-hydrogen) atoms. The smallest absolute Gasteiger partial charge is 0.283 e. The summed E-state index contributed by atoms with van der Waals surface area (Å²) in [5.41, 5.74) is 3.25. The molecule has 0 unspecified atom stereocenters. The number of hydrazine groups is 1. The van der Waals surface area contributed by atoms with Crippen LogP contribution in [0.2, 0.25) is 0 Å². The molecule has 1 heterocycles. The van der Waals surface area contributed by atoms with Crippen LogP contribution in [-0.4, -0.2) is 42.1 Å². The van der Waals surface area contributed by atoms with Crippen molar-refractivity contribution in [3.05, 3.63) is 29.6 Å². The van der Waals surface area contributed by atoms with Gasteiger partial charge in [0.1, 0.15) is 5.69 Å². The molecule has 0 bridgehead atoms. The lowest BCUT2D eigenvalue weighted by atomic mass is 10.2. The number of nitrogens with two attached hydrogens (primary N) is 1. The Kier molecular flexibility index (Phi) is 6.41. The summed E-state index contributed by atoms with van der Waals surface area (Å²) < 4.78 is 5.10. The van der Waals surface area contributed by atoms with Gasteiger partial charge in [0.05, 0.1) is 12.3 Å². The van der Waals surface area contributed by atoms with Crippen LogP contribution < -0.4 is 11.3 Å². The molecule has 3 N–H and O–H groups in total. The van der Waals surface area contributed by atoms with Crippen LogP contribution in [0.25, 0.3) is 0 Å². The Labute approximate surface area is 113 Å². The van der Waals surface area contributed by atoms with E-state index in [1.165, 1.54) is 0 Å². The van der Waals surface area contributed by atoms with Crippen LogP contribution in [-0.2, 0) is 11.3 Å². The van der Waals surface area contributed by atoms with Gasteiger partial charge in [-0.1, -0.05) is 6.07 Å². The van der Waals surface area contributed by atoms with E-state index in [0.717, 1.165) is 12.2 Å². The highest BCUT2D eigenvalue weighted by Crippen LogP contribution is 2.07. The van der Waals surface area contributed by atoms with Crippen molar-refractivity contribution in [3.8, 4) is 0 Å². The van der Waals surface area contributed by atoms with Gasteiger partial charge in [0.25, 0.3) is 5.91 Å². The molecule has 1 rings (SSSR count). The van der Waals surface area contributed by atoms with Crippen LogP contribution in [0.4, 0.5) is 0 Å². The lowest BCUT2D eigenvalue weighted by Crippen LogP contribution is -2.34. The Morgan fingerprint density at radius 2 is 2.26 bits per heavy atom. The monoisotopic (exact) mass is 266 g/mol. The molecule has 0 saturated carbocycles. The second-order valence-electron chi connectivity index (χ2n) is 4.54. The van der Waals surface area contributed by atoms with Gasteiger partial charge in [-0.2, -0.15) is 0 Å². The molecular formula is C13H22N4O2. The van der Waals surface area contributed by atoms with Crippen molar-refractivity contribution in [2.75, 3.05) is 20.3 Å². The van der Waals surface area contributed by atoms with E-state index in [9.17, 15) is 4.79 Å². The van der Waals surface area contributed by atoms with Gasteiger partial charge in [0.2, 0.25) is 0 Å². The molecule has 0 aliphatic heterocycles. The molecule has 106 valence electrons. The van der Waals surface area contributed by atoms with Gasteiger partial charge in [-0.05, 0) is 26.0 Å². The first-order valence-electron chi connectivity index (χ1n) is 6.28. The molecule has 1 aromatic rings. The number of methoxy groups -OCH3 is 1. The highest BCUT2D eigenvalue weighted by Gasteiger charge is 2.12. The normalized spacial score (nSPS) is 11.1. The van der Waals surface area contributed by atoms with E-state index in [0.29, 0.717) is 24.9 Å². The molecule has 0 aliphatic rings. The third-order valence-corrected chi connectivity index (χ3v) is 2.85. The predicted octanol–water partition coefficient (Wildman–Crippen LogP) is 0.542. The van der Waals surface area contributed by atoms with Gasteiger partial charge in [0.15, 0.2) is 0 Å². The second-order valence-corrected chi connectivity index (χ2v) is 4.54. The van der Waals surface area contributed by atoms with E-state index in [-0.39, 0.29) is 5.91 Å². The fourth-order valence-corrected chi connectivity index (χ4v) is 1.70. The van der Waals surface area contributed by atoms with E-state index >= 15 is 0 Å². The largest absolute Gasteiger partial charge is 0.383 e. The zero-order valence-electron chi connectivity index (χ0n) is 11.7. The summed E-state index contributed by atoms with van der Waals surface area (Å²) >= 11 is 0. The van der Waals surface area contributed by atoms with Crippen molar-refractivity contribution in [2.45, 2.75) is 26.4 Å². The SMILES string of the molecule is COCCN(Cc1cccc(C(=O)NN)n1)C(C)C. The summed E-state index contributed by atoms with van der Waals surface area (Å²) in [6.45, 7) is 6.40. The Balaban J connectivity index is 2.76. The number of hydrogen-bond donors (Lipinski definition) is 2. The van der Waals surface area contributed by atoms with E-state index in [1.54, 1.807) is 13.2 Å². The van der Waals surface area contributed by atoms with Crippen molar-refractivity contribution in [1.29, 1.82) is 0 Å². The number of nitrogens with one attached hydrogen (secondary N) is 1. The summed E-state index contributed by atoms with van der Waals surface area (Å²) in [5, 5.41) is 0. The molecule has 1 aromatic heterocycles. The highest BCUT2D eigenvalue weighted by molar-refractivity contribution is 5.91. The second kappa shape index (κ2) is 7.83. The summed E-state index contributed by atoms with van der Waals surface area (Å²) in [4.78, 5) is 18.0. The van der Waals surface area contributed by atoms with E-state index < -0.39 is 0 Å². The minimum Gasteiger partial charge on any atom is -0.383 e. The molecule has 0 spiro atoms. The first-order valence-corrected chi connectivity index (χ1v) is 6.28. The van der Waals surface area contributed by atoms with Gasteiger partial charge in [0, 0.05) is 26.2 Å². The maximum Gasteiger partial charge on any atom is 0.283 e. The molecule has 0 saturated heterocycles. The van der Waals surface area contributed by atoms with Gasteiger partial charge < -0.3 is 4.74 Å². The van der Waals surface area contributed by atoms with Crippen LogP contribution in [0, 0.1) is 0 Å². The van der Waals surface area contributed by atoms with Gasteiger partial charge in [-0.25, -0.2) is 10.8 Å². The van der Waals surface area contributed by atoms with Gasteiger partial charge in [-0.15, -0.1) is 0 Å². The molecule has 0 atom stereocenters. The zero-order chi connectivity index (χ0) is 14.3. The minimum absolute atomic E-state index is 0.329. The number of aromatic nitrogens is 1. The third-order valence-electron chi connectivity index (χ3n) is 2.85. The maximum atomic E-state index is 11.4. The molecule has 6 nitrogen and oxygen atoms in total. The van der Waals surface area contributed by atoms with Gasteiger partial charge in [-0.3, -0.25) is 15.1 Å². The van der Waals surface area contributed by atoms with Crippen molar-refractivity contribution >= 4 is 5.91 Å². The quantitative estimate of drug-likeness (QED) is 0.428. The van der Waals surface area contributed by atoms with Crippen molar-refractivity contribution in [3.63, 3.8) is 0 Å². The summed E-state index contributed by atoms with van der Waals surface area (Å²) in [6.07, 6.45) is 0. The number of hydrogen-bond acceptors (Lipinski definition) is 5. The summed E-state index contributed by atoms with van der Waals surface area (Å²) in [7, 11) is 1.68. The lowest BCUT2D eigenvalue weighted by molar-refractivity contribution is 0.0947. The molecule has 1 amide bonds. The average molecular weight is 266 g/mol. The number of rotatable bonds is 7. The summed E-state index contributed by atoms with van der Waals surface area (Å²) in [6, 6.07) is 5.72. The van der Waals surface area contributed by atoms with Crippen LogP contribution >= 0.6 is 0 Å². The molecule has 6 heteroatoms. The first kappa shape index (κ1) is 15.6. The van der Waals surface area contributed by atoms with Crippen molar-refractivity contribution in [2.24, 2.45) is 5.84 Å². The highest BCUT2D eigenvalue weighted by atomic mass is 16.5. The van der Waals surface area contributed by atoms with E-state index in [4.69, 9.17) is 10.6 Å². The van der Waals surface area contributed by atoms with Crippen LogP contribution in [0.3, 0.4) is 0 Å². The Hall–Kier alpha value is -1.50. The Bertz CT molecular complexity index is 409. The number of pyridine rings is 1. The van der Waals surface area contributed by atoms with E-state index in [2.05, 4.69) is 29.2 Å². The van der Waals surface area contributed by atoms with Gasteiger partial charge >= 0.3 is 0 Å². The van der Waals surface area contributed by atoms with E-state index in [1.807, 2.05) is 12.1 Å². The number of carbonyl (C=O) groups is 1. The minimum atomic E-state index is -0.380. The summed E-state index contributed by atoms with van der Waals surface area (Å²) in [5.74, 6) is 4.72. The molecular weight excluding hydrogens is 244 g/mol. The Morgan fingerprint density at radius 3 is 2.84 bits per heavy atom. The molecule has 0 radical (unpaired) electrons. The fourth-order valence-electron chi connectivity index (χ4n) is 1.70. The number of ether oxygens (including phenoxy) is 1. The molecule has 0 aliphatic carbocycles. The van der Waals surface area contributed by atoms with Crippen molar-refractivity contribution < 1.29 is 9.53 Å². The topological polar surface area (TPSA) is 80.5 Å². The van der Waals surface area contributed by atoms with Crippen LogP contribution in [0.15, 0.2) is 18.2 Å². The fraction of sp³-hybridized carbons (Fsp3) is 0.538. The predicted molar refractivity (Wildman–Crippen MR) is 73.3 cm³/mol. The average Bonchev–Trinajstić information content (AvgIpc) is 2.42.